The number of anilines is 1. The molecule has 2 rings (SSSR count). The molecule has 1 unspecified atom stereocenters. The number of hydrogen-bond donors (Lipinski definition) is 2. The molecule has 0 aliphatic rings. The molecule has 0 bridgehead atoms. The van der Waals surface area contributed by atoms with Crippen molar-refractivity contribution in [2.45, 2.75) is 33.7 Å². The van der Waals surface area contributed by atoms with Gasteiger partial charge in [-0.2, -0.15) is 0 Å². The molecule has 4 heteroatoms. The lowest BCUT2D eigenvalue weighted by molar-refractivity contribution is -0.131. The molecule has 0 aromatic heterocycles. The average Bonchev–Trinajstić information content (AvgIpc) is 2.60. The number of carbonyl (C=O) groups is 2. The first-order chi connectivity index (χ1) is 12.3. The summed E-state index contributed by atoms with van der Waals surface area (Å²) in [5.74, 6) is 5.74. The van der Waals surface area contributed by atoms with Gasteiger partial charge >= 0.3 is 0 Å². The summed E-state index contributed by atoms with van der Waals surface area (Å²) in [5, 5.41) is 5.54. The Morgan fingerprint density at radius 2 is 1.54 bits per heavy atom. The van der Waals surface area contributed by atoms with E-state index in [1.165, 1.54) is 0 Å². The zero-order valence-corrected chi connectivity index (χ0v) is 15.6. The van der Waals surface area contributed by atoms with Gasteiger partial charge in [0.1, 0.15) is 6.04 Å². The van der Waals surface area contributed by atoms with Gasteiger partial charge in [-0.05, 0) is 37.3 Å². The van der Waals surface area contributed by atoms with Crippen LogP contribution in [-0.4, -0.2) is 17.9 Å². The van der Waals surface area contributed by atoms with E-state index in [9.17, 15) is 9.59 Å². The molecular formula is C22H24N2O2. The number of rotatable bonds is 3. The SMILES string of the molecule is CC(NC(=O)C(C)(C)C)C(=O)Nc1cccc(C#Cc2ccccc2)c1. The first-order valence-electron chi connectivity index (χ1n) is 8.54. The summed E-state index contributed by atoms with van der Waals surface area (Å²) in [6.45, 7) is 7.09. The Labute approximate surface area is 155 Å². The molecule has 0 spiro atoms. The fourth-order valence-electron chi connectivity index (χ4n) is 2.07. The highest BCUT2D eigenvalue weighted by molar-refractivity contribution is 5.97. The molecule has 4 nitrogen and oxygen atoms in total. The number of nitrogens with one attached hydrogen (secondary N) is 2. The van der Waals surface area contributed by atoms with E-state index in [4.69, 9.17) is 0 Å². The lowest BCUT2D eigenvalue weighted by atomic mass is 9.95. The van der Waals surface area contributed by atoms with E-state index >= 15 is 0 Å². The average molecular weight is 348 g/mol. The third-order valence-corrected chi connectivity index (χ3v) is 3.68. The van der Waals surface area contributed by atoms with Crippen LogP contribution in [0.25, 0.3) is 0 Å². The second-order valence-electron chi connectivity index (χ2n) is 7.13. The van der Waals surface area contributed by atoms with E-state index in [-0.39, 0.29) is 11.8 Å². The molecule has 1 atom stereocenters. The van der Waals surface area contributed by atoms with Crippen LogP contribution in [0.15, 0.2) is 54.6 Å². The first kappa shape index (κ1) is 19.3. The van der Waals surface area contributed by atoms with Gasteiger partial charge in [0, 0.05) is 22.2 Å². The fraction of sp³-hybridized carbons (Fsp3) is 0.273. The summed E-state index contributed by atoms with van der Waals surface area (Å²) in [6.07, 6.45) is 0. The minimum absolute atomic E-state index is 0.164. The predicted octanol–water partition coefficient (Wildman–Crippen LogP) is 3.58. The van der Waals surface area contributed by atoms with Crippen LogP contribution in [-0.2, 0) is 9.59 Å². The van der Waals surface area contributed by atoms with Crippen molar-refractivity contribution in [1.29, 1.82) is 0 Å². The highest BCUT2D eigenvalue weighted by Gasteiger charge is 2.25. The van der Waals surface area contributed by atoms with Crippen LogP contribution in [0.3, 0.4) is 0 Å². The molecule has 0 fully saturated rings. The van der Waals surface area contributed by atoms with Crippen LogP contribution in [0.1, 0.15) is 38.8 Å². The Balaban J connectivity index is 2.03. The maximum atomic E-state index is 12.3. The summed E-state index contributed by atoms with van der Waals surface area (Å²) < 4.78 is 0. The number of amides is 2. The summed E-state index contributed by atoms with van der Waals surface area (Å²) in [5.41, 5.74) is 1.84. The highest BCUT2D eigenvalue weighted by Crippen LogP contribution is 2.14. The Kier molecular flexibility index (Phi) is 6.19. The van der Waals surface area contributed by atoms with E-state index < -0.39 is 11.5 Å². The normalized spacial score (nSPS) is 11.7. The van der Waals surface area contributed by atoms with Crippen LogP contribution in [0.4, 0.5) is 5.69 Å². The highest BCUT2D eigenvalue weighted by atomic mass is 16.2. The third kappa shape index (κ3) is 5.78. The van der Waals surface area contributed by atoms with Crippen LogP contribution in [0, 0.1) is 17.3 Å². The summed E-state index contributed by atoms with van der Waals surface area (Å²) >= 11 is 0. The van der Waals surface area contributed by atoms with Crippen molar-refractivity contribution in [3.05, 3.63) is 65.7 Å². The van der Waals surface area contributed by atoms with Crippen molar-refractivity contribution in [2.75, 3.05) is 5.32 Å². The lowest BCUT2D eigenvalue weighted by Gasteiger charge is -2.21. The van der Waals surface area contributed by atoms with Gasteiger partial charge in [-0.15, -0.1) is 0 Å². The van der Waals surface area contributed by atoms with E-state index in [1.54, 1.807) is 13.0 Å². The maximum Gasteiger partial charge on any atom is 0.246 e. The van der Waals surface area contributed by atoms with E-state index in [0.29, 0.717) is 5.69 Å². The lowest BCUT2D eigenvalue weighted by Crippen LogP contribution is -2.46. The molecule has 2 N–H and O–H groups in total. The zero-order valence-electron chi connectivity index (χ0n) is 15.6. The van der Waals surface area contributed by atoms with Crippen molar-refractivity contribution in [1.82, 2.24) is 5.32 Å². The van der Waals surface area contributed by atoms with Gasteiger partial charge < -0.3 is 10.6 Å². The molecule has 2 aromatic rings. The van der Waals surface area contributed by atoms with Crippen LogP contribution < -0.4 is 10.6 Å². The Morgan fingerprint density at radius 1 is 0.923 bits per heavy atom. The Morgan fingerprint density at radius 3 is 2.19 bits per heavy atom. The Hall–Kier alpha value is -3.06. The van der Waals surface area contributed by atoms with Crippen molar-refractivity contribution in [3.63, 3.8) is 0 Å². The topological polar surface area (TPSA) is 58.2 Å². The number of hydrogen-bond acceptors (Lipinski definition) is 2. The molecule has 134 valence electrons. The van der Waals surface area contributed by atoms with E-state index in [1.807, 2.05) is 69.3 Å². The molecule has 26 heavy (non-hydrogen) atoms. The maximum absolute atomic E-state index is 12.3. The quantitative estimate of drug-likeness (QED) is 0.833. The smallest absolute Gasteiger partial charge is 0.246 e. The molecule has 0 heterocycles. The minimum Gasteiger partial charge on any atom is -0.344 e. The zero-order chi connectivity index (χ0) is 19.2. The van der Waals surface area contributed by atoms with Gasteiger partial charge in [0.25, 0.3) is 0 Å². The van der Waals surface area contributed by atoms with E-state index in [2.05, 4.69) is 22.5 Å². The molecule has 0 aliphatic heterocycles. The predicted molar refractivity (Wildman–Crippen MR) is 105 cm³/mol. The van der Waals surface area contributed by atoms with Gasteiger partial charge in [0.05, 0.1) is 0 Å². The van der Waals surface area contributed by atoms with Crippen molar-refractivity contribution >= 4 is 17.5 Å². The van der Waals surface area contributed by atoms with Gasteiger partial charge in [0.2, 0.25) is 11.8 Å². The van der Waals surface area contributed by atoms with Crippen molar-refractivity contribution in [3.8, 4) is 11.8 Å². The second kappa shape index (κ2) is 8.35. The summed E-state index contributed by atoms with van der Waals surface area (Å²) in [6, 6.07) is 16.4. The molecule has 2 amide bonds. The fourth-order valence-corrected chi connectivity index (χ4v) is 2.07. The molecule has 0 radical (unpaired) electrons. The standard InChI is InChI=1S/C22H24N2O2/c1-16(23-21(26)22(2,3)4)20(25)24-19-12-8-11-18(15-19)14-13-17-9-6-5-7-10-17/h5-12,15-16H,1-4H3,(H,23,26)(H,24,25). The number of carbonyl (C=O) groups excluding carboxylic acids is 2. The van der Waals surface area contributed by atoms with Crippen LogP contribution in [0.2, 0.25) is 0 Å². The first-order valence-corrected chi connectivity index (χ1v) is 8.54. The number of benzene rings is 2. The van der Waals surface area contributed by atoms with Crippen molar-refractivity contribution in [2.24, 2.45) is 5.41 Å². The van der Waals surface area contributed by atoms with Crippen LogP contribution in [0.5, 0.6) is 0 Å². The molecule has 0 saturated heterocycles. The van der Waals surface area contributed by atoms with Gasteiger partial charge in [-0.1, -0.05) is 56.9 Å². The molecule has 0 saturated carbocycles. The summed E-state index contributed by atoms with van der Waals surface area (Å²) in [7, 11) is 0. The van der Waals surface area contributed by atoms with Crippen LogP contribution >= 0.6 is 0 Å². The molecule has 2 aromatic carbocycles. The minimum atomic E-state index is -0.624. The third-order valence-electron chi connectivity index (χ3n) is 3.68. The largest absolute Gasteiger partial charge is 0.344 e. The monoisotopic (exact) mass is 348 g/mol. The second-order valence-corrected chi connectivity index (χ2v) is 7.13. The summed E-state index contributed by atoms with van der Waals surface area (Å²) in [4.78, 5) is 24.3. The van der Waals surface area contributed by atoms with Crippen molar-refractivity contribution < 1.29 is 9.59 Å². The molecular weight excluding hydrogens is 324 g/mol. The molecule has 0 aliphatic carbocycles. The Bertz CT molecular complexity index is 840. The van der Waals surface area contributed by atoms with E-state index in [0.717, 1.165) is 11.1 Å². The van der Waals surface area contributed by atoms with Gasteiger partial charge in [-0.3, -0.25) is 9.59 Å². The van der Waals surface area contributed by atoms with Gasteiger partial charge in [0.15, 0.2) is 0 Å². The van der Waals surface area contributed by atoms with Gasteiger partial charge in [-0.25, -0.2) is 0 Å².